The summed E-state index contributed by atoms with van der Waals surface area (Å²) >= 11 is 1.43. The molecule has 30 heavy (non-hydrogen) atoms. The SMILES string of the molecule is COc1ccccc1CNC(=O)COc1ncnc2scc(-c3ccc(F)cc3)c12. The topological polar surface area (TPSA) is 73.3 Å². The zero-order chi connectivity index (χ0) is 20.9. The van der Waals surface area contributed by atoms with E-state index in [9.17, 15) is 9.18 Å². The van der Waals surface area contributed by atoms with E-state index in [2.05, 4.69) is 15.3 Å². The van der Waals surface area contributed by atoms with Crippen molar-refractivity contribution in [3.05, 3.63) is 71.6 Å². The summed E-state index contributed by atoms with van der Waals surface area (Å²) in [5, 5.41) is 5.43. The summed E-state index contributed by atoms with van der Waals surface area (Å²) in [6.07, 6.45) is 1.40. The van der Waals surface area contributed by atoms with Gasteiger partial charge in [0.15, 0.2) is 6.61 Å². The van der Waals surface area contributed by atoms with Gasteiger partial charge < -0.3 is 14.8 Å². The van der Waals surface area contributed by atoms with Crippen LogP contribution >= 0.6 is 11.3 Å². The molecular weight excluding hydrogens is 405 g/mol. The summed E-state index contributed by atoms with van der Waals surface area (Å²) in [6.45, 7) is 0.130. The van der Waals surface area contributed by atoms with E-state index in [1.165, 1.54) is 29.8 Å². The number of para-hydroxylation sites is 1. The predicted molar refractivity (Wildman–Crippen MR) is 113 cm³/mol. The molecule has 0 bridgehead atoms. The van der Waals surface area contributed by atoms with Gasteiger partial charge in [-0.1, -0.05) is 30.3 Å². The molecule has 2 aromatic heterocycles. The number of hydrogen-bond donors (Lipinski definition) is 1. The predicted octanol–water partition coefficient (Wildman–Crippen LogP) is 4.20. The number of nitrogens with zero attached hydrogens (tertiary/aromatic N) is 2. The van der Waals surface area contributed by atoms with E-state index in [-0.39, 0.29) is 18.3 Å². The first-order valence-electron chi connectivity index (χ1n) is 9.15. The van der Waals surface area contributed by atoms with Gasteiger partial charge in [0, 0.05) is 23.1 Å². The lowest BCUT2D eigenvalue weighted by atomic mass is 10.1. The van der Waals surface area contributed by atoms with E-state index >= 15 is 0 Å². The number of methoxy groups -OCH3 is 1. The number of halogens is 1. The molecular formula is C22H18FN3O3S. The van der Waals surface area contributed by atoms with Gasteiger partial charge in [0.1, 0.15) is 22.7 Å². The second-order valence-electron chi connectivity index (χ2n) is 6.39. The van der Waals surface area contributed by atoms with Crippen molar-refractivity contribution in [2.75, 3.05) is 13.7 Å². The number of rotatable bonds is 7. The molecule has 1 N–H and O–H groups in total. The number of thiophene rings is 1. The summed E-state index contributed by atoms with van der Waals surface area (Å²) < 4.78 is 24.3. The van der Waals surface area contributed by atoms with Crippen LogP contribution in [0.4, 0.5) is 4.39 Å². The average Bonchev–Trinajstić information content (AvgIpc) is 3.22. The quantitative estimate of drug-likeness (QED) is 0.482. The summed E-state index contributed by atoms with van der Waals surface area (Å²) in [5.74, 6) is 0.426. The minimum absolute atomic E-state index is 0.194. The zero-order valence-electron chi connectivity index (χ0n) is 16.1. The highest BCUT2D eigenvalue weighted by molar-refractivity contribution is 7.17. The lowest BCUT2D eigenvalue weighted by Crippen LogP contribution is -2.28. The molecule has 0 aliphatic heterocycles. The third-order valence-corrected chi connectivity index (χ3v) is 5.39. The van der Waals surface area contributed by atoms with E-state index in [1.54, 1.807) is 19.2 Å². The summed E-state index contributed by atoms with van der Waals surface area (Å²) in [6, 6.07) is 13.6. The molecule has 8 heteroatoms. The first kappa shape index (κ1) is 19.8. The fraction of sp³-hybridized carbons (Fsp3) is 0.136. The minimum atomic E-state index is -0.308. The molecule has 2 aromatic carbocycles. The number of carbonyl (C=O) groups is 1. The molecule has 0 atom stereocenters. The molecule has 6 nitrogen and oxygen atoms in total. The lowest BCUT2D eigenvalue weighted by molar-refractivity contribution is -0.123. The van der Waals surface area contributed by atoms with Gasteiger partial charge in [-0.2, -0.15) is 0 Å². The monoisotopic (exact) mass is 423 g/mol. The van der Waals surface area contributed by atoms with Crippen molar-refractivity contribution in [1.82, 2.24) is 15.3 Å². The second kappa shape index (κ2) is 8.87. The van der Waals surface area contributed by atoms with Gasteiger partial charge in [-0.05, 0) is 23.8 Å². The molecule has 0 saturated heterocycles. The number of nitrogens with one attached hydrogen (secondary N) is 1. The molecule has 0 unspecified atom stereocenters. The van der Waals surface area contributed by atoms with Crippen LogP contribution in [0.25, 0.3) is 21.3 Å². The molecule has 0 spiro atoms. The summed E-state index contributed by atoms with van der Waals surface area (Å²) in [5.41, 5.74) is 2.53. The largest absolute Gasteiger partial charge is 0.496 e. The Kier molecular flexibility index (Phi) is 5.85. The van der Waals surface area contributed by atoms with Crippen molar-refractivity contribution in [1.29, 1.82) is 0 Å². The third-order valence-electron chi connectivity index (χ3n) is 4.50. The van der Waals surface area contributed by atoms with Gasteiger partial charge in [-0.15, -0.1) is 11.3 Å². The maximum atomic E-state index is 13.3. The first-order chi connectivity index (χ1) is 14.7. The van der Waals surface area contributed by atoms with E-state index < -0.39 is 0 Å². The highest BCUT2D eigenvalue weighted by Gasteiger charge is 2.15. The van der Waals surface area contributed by atoms with Gasteiger partial charge in [0.25, 0.3) is 5.91 Å². The Balaban J connectivity index is 1.48. The van der Waals surface area contributed by atoms with Gasteiger partial charge in [0.05, 0.1) is 12.5 Å². The van der Waals surface area contributed by atoms with Gasteiger partial charge in [-0.3, -0.25) is 4.79 Å². The first-order valence-corrected chi connectivity index (χ1v) is 10.0. The number of fused-ring (bicyclic) bond motifs is 1. The van der Waals surface area contributed by atoms with Crippen LogP contribution in [0.3, 0.4) is 0 Å². The van der Waals surface area contributed by atoms with Crippen molar-refractivity contribution < 1.29 is 18.7 Å². The molecule has 152 valence electrons. The van der Waals surface area contributed by atoms with Crippen LogP contribution in [0.5, 0.6) is 11.6 Å². The van der Waals surface area contributed by atoms with Crippen molar-refractivity contribution in [3.63, 3.8) is 0 Å². The third kappa shape index (κ3) is 4.23. The summed E-state index contributed by atoms with van der Waals surface area (Å²) in [7, 11) is 1.59. The molecule has 0 aliphatic rings. The van der Waals surface area contributed by atoms with Crippen LogP contribution in [-0.4, -0.2) is 29.6 Å². The Morgan fingerprint density at radius 3 is 2.73 bits per heavy atom. The average molecular weight is 423 g/mol. The van der Waals surface area contributed by atoms with Crippen LogP contribution in [0, 0.1) is 5.82 Å². The Hall–Kier alpha value is -3.52. The minimum Gasteiger partial charge on any atom is -0.496 e. The number of benzene rings is 2. The Morgan fingerprint density at radius 1 is 1.13 bits per heavy atom. The summed E-state index contributed by atoms with van der Waals surface area (Å²) in [4.78, 5) is 21.5. The van der Waals surface area contributed by atoms with Gasteiger partial charge >= 0.3 is 0 Å². The number of ether oxygens (including phenoxy) is 2. The molecule has 2 heterocycles. The molecule has 0 aliphatic carbocycles. The van der Waals surface area contributed by atoms with E-state index in [1.807, 2.05) is 29.6 Å². The number of aromatic nitrogens is 2. The maximum Gasteiger partial charge on any atom is 0.258 e. The normalized spacial score (nSPS) is 10.7. The highest BCUT2D eigenvalue weighted by Crippen LogP contribution is 2.37. The van der Waals surface area contributed by atoms with E-state index in [4.69, 9.17) is 9.47 Å². The van der Waals surface area contributed by atoms with Crippen LogP contribution in [0.2, 0.25) is 0 Å². The van der Waals surface area contributed by atoms with Crippen LogP contribution < -0.4 is 14.8 Å². The van der Waals surface area contributed by atoms with Crippen LogP contribution in [-0.2, 0) is 11.3 Å². The molecule has 0 saturated carbocycles. The van der Waals surface area contributed by atoms with E-state index in [0.29, 0.717) is 23.6 Å². The molecule has 0 fully saturated rings. The van der Waals surface area contributed by atoms with Crippen LogP contribution in [0.15, 0.2) is 60.2 Å². The van der Waals surface area contributed by atoms with Gasteiger partial charge in [0.2, 0.25) is 5.88 Å². The van der Waals surface area contributed by atoms with Crippen molar-refractivity contribution in [2.45, 2.75) is 6.54 Å². The molecule has 1 amide bonds. The number of hydrogen-bond acceptors (Lipinski definition) is 6. The number of carbonyl (C=O) groups excluding carboxylic acids is 1. The fourth-order valence-corrected chi connectivity index (χ4v) is 3.93. The fourth-order valence-electron chi connectivity index (χ4n) is 3.03. The smallest absolute Gasteiger partial charge is 0.258 e. The molecule has 4 rings (SSSR count). The Morgan fingerprint density at radius 2 is 1.93 bits per heavy atom. The maximum absolute atomic E-state index is 13.3. The molecule has 4 aromatic rings. The highest BCUT2D eigenvalue weighted by atomic mass is 32.1. The van der Waals surface area contributed by atoms with Crippen molar-refractivity contribution in [3.8, 4) is 22.8 Å². The lowest BCUT2D eigenvalue weighted by Gasteiger charge is -2.10. The van der Waals surface area contributed by atoms with Gasteiger partial charge in [-0.25, -0.2) is 14.4 Å². The Labute approximate surface area is 176 Å². The van der Waals surface area contributed by atoms with Crippen LogP contribution in [0.1, 0.15) is 5.56 Å². The second-order valence-corrected chi connectivity index (χ2v) is 7.25. The van der Waals surface area contributed by atoms with Crippen molar-refractivity contribution in [2.24, 2.45) is 0 Å². The van der Waals surface area contributed by atoms with Crippen molar-refractivity contribution >= 4 is 27.5 Å². The zero-order valence-corrected chi connectivity index (χ0v) is 16.9. The Bertz CT molecular complexity index is 1180. The molecule has 0 radical (unpaired) electrons. The standard InChI is InChI=1S/C22H18FN3O3S/c1-28-18-5-3-2-4-15(18)10-24-19(27)11-29-21-20-17(12-30-22(20)26-13-25-21)14-6-8-16(23)9-7-14/h2-9,12-13H,10-11H2,1H3,(H,24,27). The van der Waals surface area contributed by atoms with E-state index in [0.717, 1.165) is 21.5 Å². The number of amides is 1.